The molecule has 0 saturated heterocycles. The summed E-state index contributed by atoms with van der Waals surface area (Å²) in [5, 5.41) is 2.65. The zero-order chi connectivity index (χ0) is 18.3. The van der Waals surface area contributed by atoms with Crippen LogP contribution >= 0.6 is 0 Å². The van der Waals surface area contributed by atoms with E-state index in [9.17, 15) is 13.2 Å². The molecule has 1 amide bonds. The average molecular weight is 358 g/mol. The molecule has 0 spiro atoms. The zero-order valence-electron chi connectivity index (χ0n) is 14.3. The lowest BCUT2D eigenvalue weighted by atomic mass is 10.1. The smallest absolute Gasteiger partial charge is 0.246 e. The first-order valence-corrected chi connectivity index (χ1v) is 9.54. The number of hydrogen-bond acceptors (Lipinski definition) is 3. The van der Waals surface area contributed by atoms with Gasteiger partial charge in [0, 0.05) is 19.2 Å². The molecule has 25 heavy (non-hydrogen) atoms. The van der Waals surface area contributed by atoms with Gasteiger partial charge in [-0.2, -0.15) is 0 Å². The normalized spacial score (nSPS) is 11.8. The number of nitrogens with zero attached hydrogens (tertiary/aromatic N) is 1. The van der Waals surface area contributed by atoms with Gasteiger partial charge in [0.15, 0.2) is 0 Å². The number of rotatable bonds is 7. The first kappa shape index (κ1) is 18.7. The van der Waals surface area contributed by atoms with E-state index >= 15 is 0 Å². The van der Waals surface area contributed by atoms with Gasteiger partial charge in [-0.1, -0.05) is 48.5 Å². The molecule has 0 aromatic heterocycles. The molecule has 0 bridgehead atoms. The van der Waals surface area contributed by atoms with Crippen LogP contribution in [0.4, 0.5) is 5.69 Å². The number of anilines is 1. The number of carbonyl (C=O) groups excluding carboxylic acids is 1. The van der Waals surface area contributed by atoms with Crippen LogP contribution in [-0.4, -0.2) is 33.7 Å². The fourth-order valence-corrected chi connectivity index (χ4v) is 3.31. The van der Waals surface area contributed by atoms with Crippen LogP contribution in [0.15, 0.2) is 66.2 Å². The van der Waals surface area contributed by atoms with Crippen molar-refractivity contribution in [3.05, 3.63) is 71.8 Å². The second-order valence-electron chi connectivity index (χ2n) is 5.61. The monoisotopic (exact) mass is 358 g/mol. The van der Waals surface area contributed by atoms with Crippen LogP contribution < -0.4 is 9.62 Å². The average Bonchev–Trinajstić information content (AvgIpc) is 2.62. The molecule has 0 unspecified atom stereocenters. The summed E-state index contributed by atoms with van der Waals surface area (Å²) in [5.41, 5.74) is 2.04. The van der Waals surface area contributed by atoms with E-state index in [4.69, 9.17) is 0 Å². The SMILES string of the molecule is C/C(=C\c1ccccc1)C(=O)NCCS(=O)(=O)N(C)c1ccccc1. The minimum atomic E-state index is -3.49. The van der Waals surface area contributed by atoms with Crippen molar-refractivity contribution < 1.29 is 13.2 Å². The van der Waals surface area contributed by atoms with E-state index in [0.717, 1.165) is 5.56 Å². The maximum Gasteiger partial charge on any atom is 0.246 e. The number of benzene rings is 2. The summed E-state index contributed by atoms with van der Waals surface area (Å²) in [7, 11) is -1.99. The third-order valence-electron chi connectivity index (χ3n) is 3.72. The molecule has 0 aliphatic carbocycles. The van der Waals surface area contributed by atoms with Crippen molar-refractivity contribution in [2.75, 3.05) is 23.7 Å². The summed E-state index contributed by atoms with van der Waals surface area (Å²) in [6, 6.07) is 18.3. The van der Waals surface area contributed by atoms with Crippen molar-refractivity contribution in [3.63, 3.8) is 0 Å². The summed E-state index contributed by atoms with van der Waals surface area (Å²) in [5.74, 6) is -0.440. The third-order valence-corrected chi connectivity index (χ3v) is 5.49. The van der Waals surface area contributed by atoms with E-state index in [1.54, 1.807) is 37.3 Å². The van der Waals surface area contributed by atoms with E-state index in [1.807, 2.05) is 36.4 Å². The van der Waals surface area contributed by atoms with Crippen LogP contribution in [-0.2, 0) is 14.8 Å². The second-order valence-corrected chi connectivity index (χ2v) is 7.73. The van der Waals surface area contributed by atoms with E-state index in [-0.39, 0.29) is 18.2 Å². The highest BCUT2D eigenvalue weighted by Crippen LogP contribution is 2.15. The molecule has 132 valence electrons. The fourth-order valence-electron chi connectivity index (χ4n) is 2.23. The Hall–Kier alpha value is -2.60. The molecular formula is C19H22N2O3S. The van der Waals surface area contributed by atoms with Gasteiger partial charge in [-0.3, -0.25) is 9.10 Å². The van der Waals surface area contributed by atoms with Gasteiger partial charge < -0.3 is 5.32 Å². The van der Waals surface area contributed by atoms with E-state index < -0.39 is 10.0 Å². The number of amides is 1. The summed E-state index contributed by atoms with van der Waals surface area (Å²) >= 11 is 0. The number of para-hydroxylation sites is 1. The van der Waals surface area contributed by atoms with Gasteiger partial charge in [-0.05, 0) is 30.7 Å². The number of hydrogen-bond donors (Lipinski definition) is 1. The lowest BCUT2D eigenvalue weighted by Crippen LogP contribution is -2.35. The Morgan fingerprint density at radius 1 is 1.04 bits per heavy atom. The first-order valence-electron chi connectivity index (χ1n) is 7.93. The molecule has 0 fully saturated rings. The predicted octanol–water partition coefficient (Wildman–Crippen LogP) is 2.67. The highest BCUT2D eigenvalue weighted by atomic mass is 32.2. The molecule has 2 aromatic carbocycles. The molecule has 2 rings (SSSR count). The van der Waals surface area contributed by atoms with Crippen LogP contribution in [0.5, 0.6) is 0 Å². The van der Waals surface area contributed by atoms with Gasteiger partial charge in [0.2, 0.25) is 15.9 Å². The predicted molar refractivity (Wildman–Crippen MR) is 102 cm³/mol. The van der Waals surface area contributed by atoms with Crippen LogP contribution in [0.25, 0.3) is 6.08 Å². The van der Waals surface area contributed by atoms with Crippen molar-refractivity contribution in [1.82, 2.24) is 5.32 Å². The van der Waals surface area contributed by atoms with Crippen molar-refractivity contribution in [2.24, 2.45) is 0 Å². The van der Waals surface area contributed by atoms with Crippen LogP contribution in [0.2, 0.25) is 0 Å². The quantitative estimate of drug-likeness (QED) is 0.774. The maximum atomic E-state index is 12.3. The molecule has 0 aliphatic rings. The summed E-state index contributed by atoms with van der Waals surface area (Å²) in [6.45, 7) is 1.76. The van der Waals surface area contributed by atoms with Crippen molar-refractivity contribution in [2.45, 2.75) is 6.92 Å². The standard InChI is InChI=1S/C19H22N2O3S/c1-16(15-17-9-5-3-6-10-17)19(22)20-13-14-25(23,24)21(2)18-11-7-4-8-12-18/h3-12,15H,13-14H2,1-2H3,(H,20,22)/b16-15+. The van der Waals surface area contributed by atoms with E-state index in [1.165, 1.54) is 11.4 Å². The van der Waals surface area contributed by atoms with Gasteiger partial charge >= 0.3 is 0 Å². The molecule has 0 atom stereocenters. The van der Waals surface area contributed by atoms with Crippen molar-refractivity contribution in [3.8, 4) is 0 Å². The Morgan fingerprint density at radius 3 is 2.20 bits per heavy atom. The van der Waals surface area contributed by atoms with Gasteiger partial charge in [0.25, 0.3) is 0 Å². The molecule has 0 aliphatic heterocycles. The maximum absolute atomic E-state index is 12.3. The zero-order valence-corrected chi connectivity index (χ0v) is 15.2. The molecule has 0 heterocycles. The summed E-state index contributed by atoms with van der Waals surface area (Å²) in [6.07, 6.45) is 1.76. The highest BCUT2D eigenvalue weighted by Gasteiger charge is 2.18. The number of sulfonamides is 1. The van der Waals surface area contributed by atoms with Gasteiger partial charge in [0.05, 0.1) is 11.4 Å². The van der Waals surface area contributed by atoms with Gasteiger partial charge in [-0.15, -0.1) is 0 Å². The first-order chi connectivity index (χ1) is 11.9. The van der Waals surface area contributed by atoms with E-state index in [0.29, 0.717) is 11.3 Å². The Kier molecular flexibility index (Phi) is 6.36. The molecule has 0 radical (unpaired) electrons. The van der Waals surface area contributed by atoms with Crippen LogP contribution in [0, 0.1) is 0 Å². The lowest BCUT2D eigenvalue weighted by Gasteiger charge is -2.19. The Balaban J connectivity index is 1.91. The van der Waals surface area contributed by atoms with Crippen LogP contribution in [0.1, 0.15) is 12.5 Å². The molecule has 5 nitrogen and oxygen atoms in total. The Morgan fingerprint density at radius 2 is 1.60 bits per heavy atom. The van der Waals surface area contributed by atoms with Crippen molar-refractivity contribution >= 4 is 27.7 Å². The second kappa shape index (κ2) is 8.48. The topological polar surface area (TPSA) is 66.5 Å². The molecule has 2 aromatic rings. The lowest BCUT2D eigenvalue weighted by molar-refractivity contribution is -0.117. The third kappa shape index (κ3) is 5.46. The molecule has 6 heteroatoms. The minimum absolute atomic E-state index is 0.0539. The van der Waals surface area contributed by atoms with E-state index in [2.05, 4.69) is 5.32 Å². The molecule has 0 saturated carbocycles. The molecular weight excluding hydrogens is 336 g/mol. The number of nitrogens with one attached hydrogen (secondary N) is 1. The molecule has 1 N–H and O–H groups in total. The Bertz CT molecular complexity index is 831. The van der Waals surface area contributed by atoms with Crippen LogP contribution in [0.3, 0.4) is 0 Å². The minimum Gasteiger partial charge on any atom is -0.351 e. The highest BCUT2D eigenvalue weighted by molar-refractivity contribution is 7.92. The number of carbonyl (C=O) groups is 1. The fraction of sp³-hybridized carbons (Fsp3) is 0.211. The van der Waals surface area contributed by atoms with Gasteiger partial charge in [-0.25, -0.2) is 8.42 Å². The van der Waals surface area contributed by atoms with Crippen molar-refractivity contribution in [1.29, 1.82) is 0 Å². The van der Waals surface area contributed by atoms with Gasteiger partial charge in [0.1, 0.15) is 0 Å². The largest absolute Gasteiger partial charge is 0.351 e. The Labute approximate surface area is 149 Å². The summed E-state index contributed by atoms with van der Waals surface area (Å²) < 4.78 is 25.9. The summed E-state index contributed by atoms with van der Waals surface area (Å²) in [4.78, 5) is 12.1.